The molecule has 0 aromatic carbocycles. The van der Waals surface area contributed by atoms with Crippen molar-refractivity contribution >= 4 is 23.9 Å². The van der Waals surface area contributed by atoms with Crippen molar-refractivity contribution in [3.8, 4) is 0 Å². The third kappa shape index (κ3) is 6.09. The summed E-state index contributed by atoms with van der Waals surface area (Å²) in [5.74, 6) is 0.521. The number of aliphatic imine (C=N–C) groups is 2. The predicted octanol–water partition coefficient (Wildman–Crippen LogP) is 1.80. The highest BCUT2D eigenvalue weighted by molar-refractivity contribution is 6.09. The largest absolute Gasteiger partial charge is 0.443 e. The van der Waals surface area contributed by atoms with Crippen LogP contribution in [0.5, 0.6) is 0 Å². The molecule has 0 fully saturated rings. The minimum absolute atomic E-state index is 0.157. The topological polar surface area (TPSA) is 137 Å². The smallest absolute Gasteiger partial charge is 0.416 e. The molecule has 0 bridgehead atoms. The standard InChI is InChI=1S/C23H33N5O6/c1-22(2,3)33-20(31)27-10-14(12-29)24-18(27)16-8-7-9-17(26-16)19-25-15(13-30)11-28(19)21(32)34-23(4,5)6/h7-9,14-15,29-30H,10-13H2,1-6H3/t14-,15-/m1/s1. The minimum Gasteiger partial charge on any atom is -0.443 e. The Balaban J connectivity index is 1.94. The van der Waals surface area contributed by atoms with Crippen molar-refractivity contribution in [3.63, 3.8) is 0 Å². The molecule has 11 heteroatoms. The number of hydrogen-bond acceptors (Lipinski definition) is 9. The van der Waals surface area contributed by atoms with E-state index in [2.05, 4.69) is 15.0 Å². The highest BCUT2D eigenvalue weighted by Gasteiger charge is 2.37. The van der Waals surface area contributed by atoms with E-state index in [1.165, 1.54) is 9.80 Å². The SMILES string of the molecule is CC(C)(C)OC(=O)N1C[C@H](CO)N=C1c1cccc(C2=N[C@@H](CO)CN2C(=O)OC(C)(C)C)n1. The lowest BCUT2D eigenvalue weighted by Crippen LogP contribution is -2.41. The quantitative estimate of drug-likeness (QED) is 0.677. The van der Waals surface area contributed by atoms with E-state index < -0.39 is 35.5 Å². The van der Waals surface area contributed by atoms with Crippen molar-refractivity contribution in [2.75, 3.05) is 26.3 Å². The number of pyridine rings is 1. The number of ether oxygens (including phenoxy) is 2. The molecule has 186 valence electrons. The molecule has 0 aliphatic carbocycles. The summed E-state index contributed by atoms with van der Waals surface area (Å²) in [7, 11) is 0. The number of nitrogens with zero attached hydrogens (tertiary/aromatic N) is 5. The first-order valence-electron chi connectivity index (χ1n) is 11.2. The van der Waals surface area contributed by atoms with Crippen LogP contribution in [0.25, 0.3) is 0 Å². The summed E-state index contributed by atoms with van der Waals surface area (Å²) in [6.07, 6.45) is -1.19. The summed E-state index contributed by atoms with van der Waals surface area (Å²) in [4.78, 5) is 41.8. The average Bonchev–Trinajstić information content (AvgIpc) is 3.36. The van der Waals surface area contributed by atoms with Crippen molar-refractivity contribution in [1.82, 2.24) is 14.8 Å². The highest BCUT2D eigenvalue weighted by Crippen LogP contribution is 2.22. The first-order chi connectivity index (χ1) is 15.8. The van der Waals surface area contributed by atoms with E-state index in [0.717, 1.165) is 0 Å². The Morgan fingerprint density at radius 3 is 1.56 bits per heavy atom. The second kappa shape index (κ2) is 9.67. The first-order valence-corrected chi connectivity index (χ1v) is 11.2. The molecule has 2 atom stereocenters. The van der Waals surface area contributed by atoms with Gasteiger partial charge in [0, 0.05) is 0 Å². The lowest BCUT2D eigenvalue weighted by molar-refractivity contribution is 0.0362. The molecule has 0 saturated carbocycles. The van der Waals surface area contributed by atoms with Crippen LogP contribution in [0, 0.1) is 0 Å². The van der Waals surface area contributed by atoms with Gasteiger partial charge in [0.15, 0.2) is 11.7 Å². The zero-order chi connectivity index (χ0) is 25.3. The van der Waals surface area contributed by atoms with E-state index in [1.54, 1.807) is 59.7 Å². The highest BCUT2D eigenvalue weighted by atomic mass is 16.6. The molecule has 11 nitrogen and oxygen atoms in total. The van der Waals surface area contributed by atoms with Gasteiger partial charge in [-0.3, -0.25) is 19.8 Å². The molecule has 0 saturated heterocycles. The van der Waals surface area contributed by atoms with Gasteiger partial charge in [-0.05, 0) is 53.7 Å². The van der Waals surface area contributed by atoms with Gasteiger partial charge in [-0.25, -0.2) is 14.6 Å². The number of aliphatic hydroxyl groups excluding tert-OH is 2. The number of rotatable bonds is 4. The number of hydrogen-bond donors (Lipinski definition) is 2. The zero-order valence-corrected chi connectivity index (χ0v) is 20.5. The number of aliphatic hydroxyl groups is 2. The molecule has 2 N–H and O–H groups in total. The maximum atomic E-state index is 12.8. The number of carbonyl (C=O) groups excluding carboxylic acids is 2. The number of carbonyl (C=O) groups is 2. The van der Waals surface area contributed by atoms with E-state index in [0.29, 0.717) is 11.4 Å². The molecule has 34 heavy (non-hydrogen) atoms. The van der Waals surface area contributed by atoms with Crippen LogP contribution in [0.2, 0.25) is 0 Å². The summed E-state index contributed by atoms with van der Waals surface area (Å²) >= 11 is 0. The number of aromatic nitrogens is 1. The molecule has 0 unspecified atom stereocenters. The first kappa shape index (κ1) is 25.6. The number of amides is 2. The molecule has 2 amide bonds. The van der Waals surface area contributed by atoms with E-state index in [1.807, 2.05) is 0 Å². The van der Waals surface area contributed by atoms with E-state index in [-0.39, 0.29) is 38.0 Å². The van der Waals surface area contributed by atoms with E-state index in [9.17, 15) is 19.8 Å². The Bertz CT molecular complexity index is 919. The normalized spacial score (nSPS) is 20.8. The summed E-state index contributed by atoms with van der Waals surface area (Å²) < 4.78 is 11.0. The molecule has 2 aliphatic heterocycles. The Labute approximate surface area is 199 Å². The van der Waals surface area contributed by atoms with Crippen LogP contribution in [-0.4, -0.2) is 98.4 Å². The molecular weight excluding hydrogens is 442 g/mol. The predicted molar refractivity (Wildman–Crippen MR) is 125 cm³/mol. The van der Waals surface area contributed by atoms with Crippen LogP contribution in [0.1, 0.15) is 52.9 Å². The third-order valence-corrected chi connectivity index (χ3v) is 4.76. The van der Waals surface area contributed by atoms with Gasteiger partial charge in [-0.2, -0.15) is 0 Å². The van der Waals surface area contributed by atoms with Crippen LogP contribution < -0.4 is 0 Å². The van der Waals surface area contributed by atoms with Crippen LogP contribution in [0.15, 0.2) is 28.2 Å². The van der Waals surface area contributed by atoms with Crippen LogP contribution in [-0.2, 0) is 9.47 Å². The van der Waals surface area contributed by atoms with Crippen molar-refractivity contribution in [2.24, 2.45) is 9.98 Å². The fourth-order valence-corrected chi connectivity index (χ4v) is 3.41. The van der Waals surface area contributed by atoms with Crippen molar-refractivity contribution < 1.29 is 29.3 Å². The van der Waals surface area contributed by atoms with Crippen LogP contribution >= 0.6 is 0 Å². The second-order valence-corrected chi connectivity index (χ2v) is 10.2. The van der Waals surface area contributed by atoms with Gasteiger partial charge in [0.2, 0.25) is 0 Å². The Morgan fingerprint density at radius 1 is 0.853 bits per heavy atom. The minimum atomic E-state index is -0.708. The fourth-order valence-electron chi connectivity index (χ4n) is 3.41. The van der Waals surface area contributed by atoms with Gasteiger partial charge in [0.25, 0.3) is 0 Å². The summed E-state index contributed by atoms with van der Waals surface area (Å²) in [6.45, 7) is 10.4. The number of amidine groups is 2. The van der Waals surface area contributed by atoms with Gasteiger partial charge in [0.05, 0.1) is 38.4 Å². The Morgan fingerprint density at radius 2 is 1.24 bits per heavy atom. The summed E-state index contributed by atoms with van der Waals surface area (Å²) in [6, 6.07) is 4.05. The summed E-state index contributed by atoms with van der Waals surface area (Å²) in [5, 5.41) is 19.3. The Kier molecular flexibility index (Phi) is 7.27. The third-order valence-electron chi connectivity index (χ3n) is 4.76. The lowest BCUT2D eigenvalue weighted by atomic mass is 10.2. The molecule has 0 spiro atoms. The molecule has 0 radical (unpaired) electrons. The van der Waals surface area contributed by atoms with Gasteiger partial charge >= 0.3 is 12.2 Å². The molecule has 3 heterocycles. The van der Waals surface area contributed by atoms with Gasteiger partial charge < -0.3 is 19.7 Å². The van der Waals surface area contributed by atoms with Gasteiger partial charge in [0.1, 0.15) is 22.6 Å². The second-order valence-electron chi connectivity index (χ2n) is 10.2. The molecular formula is C23H33N5O6. The van der Waals surface area contributed by atoms with Gasteiger partial charge in [-0.15, -0.1) is 0 Å². The Hall–Kier alpha value is -3.05. The van der Waals surface area contributed by atoms with Crippen LogP contribution in [0.4, 0.5) is 9.59 Å². The molecule has 2 aliphatic rings. The van der Waals surface area contributed by atoms with Crippen molar-refractivity contribution in [2.45, 2.75) is 64.8 Å². The fraction of sp³-hybridized carbons (Fsp3) is 0.609. The average molecular weight is 476 g/mol. The molecule has 1 aromatic heterocycles. The van der Waals surface area contributed by atoms with Gasteiger partial charge in [-0.1, -0.05) is 6.07 Å². The zero-order valence-electron chi connectivity index (χ0n) is 20.5. The maximum Gasteiger partial charge on any atom is 0.416 e. The van der Waals surface area contributed by atoms with E-state index in [4.69, 9.17) is 9.47 Å². The maximum absolute atomic E-state index is 12.8. The molecule has 3 rings (SSSR count). The molecule has 1 aromatic rings. The monoisotopic (exact) mass is 475 g/mol. The van der Waals surface area contributed by atoms with Crippen LogP contribution in [0.3, 0.4) is 0 Å². The lowest BCUT2D eigenvalue weighted by Gasteiger charge is -2.26. The van der Waals surface area contributed by atoms with Crippen molar-refractivity contribution in [3.05, 3.63) is 29.6 Å². The summed E-state index contributed by atoms with van der Waals surface area (Å²) in [5.41, 5.74) is -0.696. The van der Waals surface area contributed by atoms with Crippen molar-refractivity contribution in [1.29, 1.82) is 0 Å². The van der Waals surface area contributed by atoms with E-state index >= 15 is 0 Å².